The summed E-state index contributed by atoms with van der Waals surface area (Å²) in [6.45, 7) is 10.1. The Morgan fingerprint density at radius 1 is 1.10 bits per heavy atom. The molecule has 0 saturated carbocycles. The maximum atomic E-state index is 6.07. The zero-order valence-electron chi connectivity index (χ0n) is 13.0. The Morgan fingerprint density at radius 3 is 2.33 bits per heavy atom. The summed E-state index contributed by atoms with van der Waals surface area (Å²) in [7, 11) is -0.449. The van der Waals surface area contributed by atoms with Crippen molar-refractivity contribution in [3.05, 3.63) is 29.3 Å². The van der Waals surface area contributed by atoms with Crippen molar-refractivity contribution in [2.24, 2.45) is 0 Å². The minimum atomic E-state index is -0.449. The number of nitrogens with zero attached hydrogens (tertiary/aromatic N) is 2. The molecule has 6 heteroatoms. The van der Waals surface area contributed by atoms with Crippen LogP contribution in [-0.2, 0) is 9.31 Å². The Balaban J connectivity index is 1.97. The third-order valence-electron chi connectivity index (χ3n) is 4.11. The van der Waals surface area contributed by atoms with Crippen molar-refractivity contribution < 1.29 is 9.31 Å². The van der Waals surface area contributed by atoms with Crippen LogP contribution < -0.4 is 5.59 Å². The third kappa shape index (κ3) is 2.63. The lowest BCUT2D eigenvalue weighted by Gasteiger charge is -2.32. The van der Waals surface area contributed by atoms with Gasteiger partial charge < -0.3 is 9.31 Å². The molecule has 0 bridgehead atoms. The molecule has 110 valence electrons. The monoisotopic (exact) mass is 302 g/mol. The summed E-state index contributed by atoms with van der Waals surface area (Å²) < 4.78 is 12.1. The van der Waals surface area contributed by atoms with Crippen LogP contribution in [0.5, 0.6) is 0 Å². The van der Waals surface area contributed by atoms with Crippen molar-refractivity contribution in [1.29, 1.82) is 0 Å². The van der Waals surface area contributed by atoms with Gasteiger partial charge in [-0.1, -0.05) is 6.07 Å². The van der Waals surface area contributed by atoms with Crippen LogP contribution in [0.2, 0.25) is 0 Å². The van der Waals surface area contributed by atoms with E-state index in [0.29, 0.717) is 0 Å². The summed E-state index contributed by atoms with van der Waals surface area (Å²) in [5.74, 6) is 0.731. The SMILES string of the molecule is Cc1cc(B2OC(C)(C)C(C)(C)O2)nc(-c2cccs2)n1. The average Bonchev–Trinajstić information content (AvgIpc) is 2.96. The number of aryl methyl sites for hydroxylation is 1. The fourth-order valence-corrected chi connectivity index (χ4v) is 2.85. The molecule has 0 amide bonds. The fourth-order valence-electron chi connectivity index (χ4n) is 2.19. The topological polar surface area (TPSA) is 44.2 Å². The molecule has 3 rings (SSSR count). The highest BCUT2D eigenvalue weighted by molar-refractivity contribution is 7.13. The summed E-state index contributed by atoms with van der Waals surface area (Å²) in [6.07, 6.45) is 0. The van der Waals surface area contributed by atoms with Gasteiger partial charge in [-0.25, -0.2) is 9.97 Å². The van der Waals surface area contributed by atoms with Crippen LogP contribution in [0.15, 0.2) is 23.6 Å². The van der Waals surface area contributed by atoms with Gasteiger partial charge in [-0.05, 0) is 52.1 Å². The highest BCUT2D eigenvalue weighted by Crippen LogP contribution is 2.36. The molecule has 1 aliphatic rings. The van der Waals surface area contributed by atoms with Crippen molar-refractivity contribution in [1.82, 2.24) is 9.97 Å². The van der Waals surface area contributed by atoms with E-state index >= 15 is 0 Å². The summed E-state index contributed by atoms with van der Waals surface area (Å²) in [6, 6.07) is 5.95. The molecule has 0 spiro atoms. The average molecular weight is 302 g/mol. The van der Waals surface area contributed by atoms with Gasteiger partial charge in [0.2, 0.25) is 0 Å². The van der Waals surface area contributed by atoms with E-state index in [-0.39, 0.29) is 11.2 Å². The number of rotatable bonds is 2. The van der Waals surface area contributed by atoms with E-state index < -0.39 is 7.12 Å². The number of hydrogen-bond donors (Lipinski definition) is 0. The molecule has 21 heavy (non-hydrogen) atoms. The number of thiophene rings is 1. The molecule has 2 aromatic heterocycles. The fraction of sp³-hybridized carbons (Fsp3) is 0.467. The Morgan fingerprint density at radius 2 is 1.76 bits per heavy atom. The van der Waals surface area contributed by atoms with E-state index in [4.69, 9.17) is 9.31 Å². The maximum absolute atomic E-state index is 6.07. The summed E-state index contributed by atoms with van der Waals surface area (Å²) in [5, 5.41) is 2.02. The van der Waals surface area contributed by atoms with Gasteiger partial charge in [-0.2, -0.15) is 0 Å². The molecule has 0 aromatic carbocycles. The molecular formula is C15H19BN2O2S. The first-order chi connectivity index (χ1) is 9.78. The van der Waals surface area contributed by atoms with Gasteiger partial charge in [0, 0.05) is 5.69 Å². The maximum Gasteiger partial charge on any atom is 0.514 e. The van der Waals surface area contributed by atoms with Crippen LogP contribution >= 0.6 is 11.3 Å². The van der Waals surface area contributed by atoms with Gasteiger partial charge in [0.05, 0.1) is 21.7 Å². The van der Waals surface area contributed by atoms with E-state index in [1.54, 1.807) is 11.3 Å². The Kier molecular flexibility index (Phi) is 3.43. The van der Waals surface area contributed by atoms with Crippen molar-refractivity contribution >= 4 is 24.0 Å². The Hall–Kier alpha value is -1.24. The lowest BCUT2D eigenvalue weighted by Crippen LogP contribution is -2.41. The number of aromatic nitrogens is 2. The van der Waals surface area contributed by atoms with Crippen molar-refractivity contribution in [2.45, 2.75) is 45.8 Å². The van der Waals surface area contributed by atoms with E-state index in [2.05, 4.69) is 9.97 Å². The lowest BCUT2D eigenvalue weighted by atomic mass is 9.84. The quantitative estimate of drug-likeness (QED) is 0.800. The molecule has 3 heterocycles. The summed E-state index contributed by atoms with van der Waals surface area (Å²) >= 11 is 1.63. The molecule has 1 aliphatic heterocycles. The van der Waals surface area contributed by atoms with Crippen LogP contribution in [0.3, 0.4) is 0 Å². The first kappa shape index (κ1) is 14.7. The molecule has 1 fully saturated rings. The normalized spacial score (nSPS) is 20.0. The van der Waals surface area contributed by atoms with Crippen molar-refractivity contribution in [3.8, 4) is 10.7 Å². The smallest absolute Gasteiger partial charge is 0.398 e. The molecule has 0 radical (unpaired) electrons. The van der Waals surface area contributed by atoms with E-state index in [1.165, 1.54) is 0 Å². The molecule has 0 atom stereocenters. The predicted octanol–water partition coefficient (Wildman–Crippen LogP) is 2.81. The summed E-state index contributed by atoms with van der Waals surface area (Å²) in [4.78, 5) is 10.2. The zero-order valence-corrected chi connectivity index (χ0v) is 13.8. The molecule has 1 saturated heterocycles. The summed E-state index contributed by atoms with van der Waals surface area (Å²) in [5.41, 5.74) is 0.974. The van der Waals surface area contributed by atoms with Gasteiger partial charge in [0.15, 0.2) is 5.82 Å². The van der Waals surface area contributed by atoms with Crippen LogP contribution in [0.4, 0.5) is 0 Å². The molecular weight excluding hydrogens is 283 g/mol. The largest absolute Gasteiger partial charge is 0.514 e. The van der Waals surface area contributed by atoms with E-state index in [9.17, 15) is 0 Å². The first-order valence-electron chi connectivity index (χ1n) is 7.04. The van der Waals surface area contributed by atoms with E-state index in [1.807, 2.05) is 58.2 Å². The lowest BCUT2D eigenvalue weighted by molar-refractivity contribution is 0.00578. The first-order valence-corrected chi connectivity index (χ1v) is 7.91. The van der Waals surface area contributed by atoms with Gasteiger partial charge in [-0.3, -0.25) is 0 Å². The van der Waals surface area contributed by atoms with Crippen molar-refractivity contribution in [3.63, 3.8) is 0 Å². The van der Waals surface area contributed by atoms with Gasteiger partial charge >= 0.3 is 7.12 Å². The Labute approximate surface area is 129 Å². The molecule has 0 unspecified atom stereocenters. The van der Waals surface area contributed by atoms with Crippen molar-refractivity contribution in [2.75, 3.05) is 0 Å². The Bertz CT molecular complexity index is 640. The number of hydrogen-bond acceptors (Lipinski definition) is 5. The standard InChI is InChI=1S/C15H19BN2O2S/c1-10-9-12(16-19-14(2,3)15(4,5)20-16)18-13(17-10)11-7-6-8-21-11/h6-9H,1-5H3. The molecule has 2 aromatic rings. The van der Waals surface area contributed by atoms with Gasteiger partial charge in [-0.15, -0.1) is 11.3 Å². The van der Waals surface area contributed by atoms with Crippen LogP contribution in [0, 0.1) is 6.92 Å². The second-order valence-electron chi connectivity index (χ2n) is 6.32. The van der Waals surface area contributed by atoms with Crippen LogP contribution in [-0.4, -0.2) is 28.3 Å². The van der Waals surface area contributed by atoms with Gasteiger partial charge in [0.25, 0.3) is 0 Å². The second kappa shape index (κ2) is 4.90. The highest BCUT2D eigenvalue weighted by atomic mass is 32.1. The molecule has 4 nitrogen and oxygen atoms in total. The molecule has 0 aliphatic carbocycles. The highest BCUT2D eigenvalue weighted by Gasteiger charge is 2.52. The minimum absolute atomic E-state index is 0.361. The van der Waals surface area contributed by atoms with Gasteiger partial charge in [0.1, 0.15) is 0 Å². The predicted molar refractivity (Wildman–Crippen MR) is 85.8 cm³/mol. The zero-order chi connectivity index (χ0) is 15.3. The third-order valence-corrected chi connectivity index (χ3v) is 4.98. The minimum Gasteiger partial charge on any atom is -0.398 e. The molecule has 0 N–H and O–H groups in total. The second-order valence-corrected chi connectivity index (χ2v) is 7.27. The van der Waals surface area contributed by atoms with E-state index in [0.717, 1.165) is 22.0 Å². The van der Waals surface area contributed by atoms with Crippen LogP contribution in [0.25, 0.3) is 10.7 Å². The van der Waals surface area contributed by atoms with Crippen LogP contribution in [0.1, 0.15) is 33.4 Å².